The molecule has 2 atom stereocenters. The van der Waals surface area contributed by atoms with Gasteiger partial charge in [-0.2, -0.15) is 4.90 Å². The number of hydrogen-bond donors (Lipinski definition) is 3. The van der Waals surface area contributed by atoms with E-state index in [4.69, 9.17) is 51.1 Å². The molecule has 9 nitrogen and oxygen atoms in total. The predicted molar refractivity (Wildman–Crippen MR) is 182 cm³/mol. The molecule has 49 heavy (non-hydrogen) atoms. The fraction of sp³-hybridized carbons (Fsp3) is 0.333. The van der Waals surface area contributed by atoms with Crippen LogP contribution in [0.2, 0.25) is 10.0 Å². The number of benzene rings is 3. The van der Waals surface area contributed by atoms with Crippen LogP contribution in [0.4, 0.5) is 39.8 Å². The number of ether oxygens (including phenoxy) is 1. The molecule has 16 heteroatoms. The fourth-order valence-electron chi connectivity index (χ4n) is 5.08. The standard InChI is InChI=1S/C33H30Cl4F3N3O6/c1-31(2,3)24-25(39)20(13-21(26(24)40)43(29(46)47)30(48)49-32(4,5)6)42-27(44)16-12-15(8-9-17(16)34)41-28(45)23-22(33(23,36)37)14-7-10-19(38)18(35)11-14/h7-13,22-23H,1-6H3,(H,41,45)(H,42,44)(H,46,47)/t22-,23+/m0/s1. The van der Waals surface area contributed by atoms with Crippen LogP contribution in [-0.4, -0.2) is 39.0 Å². The number of amides is 4. The molecule has 1 saturated carbocycles. The highest BCUT2D eigenvalue weighted by atomic mass is 35.5. The average Bonchev–Trinajstić information content (AvgIpc) is 3.53. The Bertz CT molecular complexity index is 1880. The summed E-state index contributed by atoms with van der Waals surface area (Å²) in [5.74, 6) is -6.68. The van der Waals surface area contributed by atoms with E-state index in [-0.39, 0.29) is 26.2 Å². The first-order valence-corrected chi connectivity index (χ1v) is 16.0. The van der Waals surface area contributed by atoms with Gasteiger partial charge >= 0.3 is 12.2 Å². The summed E-state index contributed by atoms with van der Waals surface area (Å²) >= 11 is 24.9. The molecule has 3 aromatic rings. The van der Waals surface area contributed by atoms with Crippen molar-refractivity contribution in [2.45, 2.75) is 62.8 Å². The number of halogens is 7. The van der Waals surface area contributed by atoms with Gasteiger partial charge in [0.25, 0.3) is 5.91 Å². The van der Waals surface area contributed by atoms with Gasteiger partial charge in [-0.25, -0.2) is 22.8 Å². The summed E-state index contributed by atoms with van der Waals surface area (Å²) in [6.45, 7) is 8.71. The number of alkyl halides is 2. The summed E-state index contributed by atoms with van der Waals surface area (Å²) in [6.07, 6.45) is -3.39. The summed E-state index contributed by atoms with van der Waals surface area (Å²) in [5, 5.41) is 14.4. The molecule has 262 valence electrons. The summed E-state index contributed by atoms with van der Waals surface area (Å²) in [5.41, 5.74) is -4.46. The van der Waals surface area contributed by atoms with E-state index >= 15 is 8.78 Å². The summed E-state index contributed by atoms with van der Waals surface area (Å²) in [7, 11) is 0. The van der Waals surface area contributed by atoms with Gasteiger partial charge in [-0.05, 0) is 68.1 Å². The smallest absolute Gasteiger partial charge is 0.424 e. The van der Waals surface area contributed by atoms with Gasteiger partial charge < -0.3 is 20.5 Å². The highest BCUT2D eigenvalue weighted by Gasteiger charge is 2.67. The Kier molecular flexibility index (Phi) is 10.5. The quantitative estimate of drug-likeness (QED) is 0.215. The monoisotopic (exact) mass is 761 g/mol. The second kappa shape index (κ2) is 13.5. The maximum Gasteiger partial charge on any atom is 0.424 e. The second-order valence-corrected chi connectivity index (χ2v) is 15.5. The number of imide groups is 1. The Morgan fingerprint density at radius 1 is 0.878 bits per heavy atom. The summed E-state index contributed by atoms with van der Waals surface area (Å²) in [6, 6.07) is 8.28. The molecule has 0 radical (unpaired) electrons. The molecule has 1 aliphatic rings. The molecule has 0 bridgehead atoms. The number of carbonyl (C=O) groups is 4. The van der Waals surface area contributed by atoms with E-state index in [0.29, 0.717) is 11.6 Å². The molecule has 0 aliphatic heterocycles. The summed E-state index contributed by atoms with van der Waals surface area (Å²) < 4.78 is 49.0. The molecule has 3 N–H and O–H groups in total. The molecule has 1 aliphatic carbocycles. The van der Waals surface area contributed by atoms with Gasteiger partial charge in [-0.1, -0.05) is 50.0 Å². The Balaban J connectivity index is 1.66. The van der Waals surface area contributed by atoms with Crippen LogP contribution in [-0.2, 0) is 14.9 Å². The Hall–Kier alpha value is -3.71. The van der Waals surface area contributed by atoms with E-state index in [1.54, 1.807) is 0 Å². The first-order chi connectivity index (χ1) is 22.5. The lowest BCUT2D eigenvalue weighted by Crippen LogP contribution is -2.41. The molecular formula is C33H30Cl4F3N3O6. The maximum atomic E-state index is 15.9. The van der Waals surface area contributed by atoms with E-state index in [1.165, 1.54) is 71.9 Å². The molecule has 0 heterocycles. The van der Waals surface area contributed by atoms with E-state index < -0.39 is 85.6 Å². The first-order valence-electron chi connectivity index (χ1n) is 14.5. The zero-order chi connectivity index (χ0) is 37.0. The Morgan fingerprint density at radius 3 is 2.06 bits per heavy atom. The fourth-order valence-corrected chi connectivity index (χ4v) is 6.30. The highest BCUT2D eigenvalue weighted by Crippen LogP contribution is 2.65. The van der Waals surface area contributed by atoms with Gasteiger partial charge in [-0.15, -0.1) is 23.2 Å². The van der Waals surface area contributed by atoms with Crippen LogP contribution in [0.15, 0.2) is 42.5 Å². The van der Waals surface area contributed by atoms with E-state index in [2.05, 4.69) is 10.6 Å². The lowest BCUT2D eigenvalue weighted by molar-refractivity contribution is -0.117. The van der Waals surface area contributed by atoms with Crippen molar-refractivity contribution in [2.24, 2.45) is 5.92 Å². The third kappa shape index (κ3) is 8.03. The third-order valence-corrected chi connectivity index (χ3v) is 8.86. The minimum absolute atomic E-state index is 0.0349. The van der Waals surface area contributed by atoms with Crippen LogP contribution in [0, 0.1) is 23.4 Å². The number of nitrogens with one attached hydrogen (secondary N) is 2. The SMILES string of the molecule is CC(C)(C)OC(=O)N(C(=O)O)c1cc(NC(=O)c2cc(NC(=O)[C@H]3[C@H](c4ccc(F)c(Cl)c4)C3(Cl)Cl)ccc2Cl)c(F)c(C(C)(C)C)c1F. The van der Waals surface area contributed by atoms with Crippen molar-refractivity contribution in [3.63, 3.8) is 0 Å². The van der Waals surface area contributed by atoms with Gasteiger partial charge in [-0.3, -0.25) is 9.59 Å². The van der Waals surface area contributed by atoms with Crippen LogP contribution in [0.25, 0.3) is 0 Å². The Morgan fingerprint density at radius 2 is 1.51 bits per heavy atom. The molecule has 0 saturated heterocycles. The van der Waals surface area contributed by atoms with Crippen molar-refractivity contribution in [1.29, 1.82) is 0 Å². The number of rotatable bonds is 6. The minimum Gasteiger partial charge on any atom is -0.464 e. The number of anilines is 3. The van der Waals surface area contributed by atoms with Crippen molar-refractivity contribution in [1.82, 2.24) is 0 Å². The van der Waals surface area contributed by atoms with Crippen molar-refractivity contribution < 1.29 is 42.2 Å². The van der Waals surface area contributed by atoms with Crippen LogP contribution in [0.1, 0.15) is 68.9 Å². The van der Waals surface area contributed by atoms with Crippen LogP contribution < -0.4 is 15.5 Å². The largest absolute Gasteiger partial charge is 0.464 e. The van der Waals surface area contributed by atoms with Crippen LogP contribution in [0.5, 0.6) is 0 Å². The van der Waals surface area contributed by atoms with Crippen LogP contribution >= 0.6 is 46.4 Å². The van der Waals surface area contributed by atoms with Crippen molar-refractivity contribution in [3.05, 3.63) is 86.7 Å². The lowest BCUT2D eigenvalue weighted by Gasteiger charge is -2.28. The van der Waals surface area contributed by atoms with Gasteiger partial charge in [0.1, 0.15) is 15.8 Å². The molecule has 4 amide bonds. The van der Waals surface area contributed by atoms with Crippen molar-refractivity contribution in [3.8, 4) is 0 Å². The molecule has 1 fully saturated rings. The second-order valence-electron chi connectivity index (χ2n) is 13.2. The topological polar surface area (TPSA) is 125 Å². The highest BCUT2D eigenvalue weighted by molar-refractivity contribution is 6.53. The lowest BCUT2D eigenvalue weighted by atomic mass is 9.85. The predicted octanol–water partition coefficient (Wildman–Crippen LogP) is 9.91. The Labute approximate surface area is 299 Å². The third-order valence-electron chi connectivity index (χ3n) is 7.31. The van der Waals surface area contributed by atoms with Crippen LogP contribution in [0.3, 0.4) is 0 Å². The molecule has 3 aromatic carbocycles. The van der Waals surface area contributed by atoms with Crippen molar-refractivity contribution >= 4 is 87.5 Å². The van der Waals surface area contributed by atoms with E-state index in [0.717, 1.165) is 6.07 Å². The molecule has 0 spiro atoms. The maximum absolute atomic E-state index is 15.9. The summed E-state index contributed by atoms with van der Waals surface area (Å²) in [4.78, 5) is 51.6. The first kappa shape index (κ1) is 38.1. The van der Waals surface area contributed by atoms with Gasteiger partial charge in [0.05, 0.1) is 32.9 Å². The average molecular weight is 763 g/mol. The minimum atomic E-state index is -1.93. The molecule has 0 aromatic heterocycles. The van der Waals surface area contributed by atoms with E-state index in [9.17, 15) is 28.7 Å². The van der Waals surface area contributed by atoms with Gasteiger partial charge in [0, 0.05) is 17.2 Å². The molecular weight excluding hydrogens is 733 g/mol. The normalized spacial score (nSPS) is 16.8. The number of carboxylic acid groups (broad SMARTS) is 1. The molecule has 4 rings (SSSR count). The van der Waals surface area contributed by atoms with Crippen molar-refractivity contribution in [2.75, 3.05) is 15.5 Å². The number of hydrogen-bond acceptors (Lipinski definition) is 5. The zero-order valence-electron chi connectivity index (χ0n) is 26.8. The van der Waals surface area contributed by atoms with Gasteiger partial charge in [0.2, 0.25) is 5.91 Å². The van der Waals surface area contributed by atoms with E-state index in [1.807, 2.05) is 0 Å². The van der Waals surface area contributed by atoms with Gasteiger partial charge in [0.15, 0.2) is 11.6 Å². The number of nitrogens with zero attached hydrogens (tertiary/aromatic N) is 1. The number of carbonyl (C=O) groups excluding carboxylic acids is 3. The zero-order valence-corrected chi connectivity index (χ0v) is 29.8. The molecule has 0 unspecified atom stereocenters.